The van der Waals surface area contributed by atoms with Gasteiger partial charge in [-0.3, -0.25) is 0 Å². The second kappa shape index (κ2) is 2.01. The smallest absolute Gasteiger partial charge is 0.412 e. The van der Waals surface area contributed by atoms with Crippen LogP contribution in [-0.4, -0.2) is 12.1 Å². The van der Waals surface area contributed by atoms with Gasteiger partial charge in [-0.25, -0.2) is 4.79 Å². The van der Waals surface area contributed by atoms with Crippen molar-refractivity contribution in [3.05, 3.63) is 11.8 Å². The first-order valence-corrected chi connectivity index (χ1v) is 3.54. The molecule has 0 bridgehead atoms. The highest BCUT2D eigenvalue weighted by Crippen LogP contribution is 2.23. The van der Waals surface area contributed by atoms with Gasteiger partial charge in [-0.15, -0.1) is 0 Å². The van der Waals surface area contributed by atoms with E-state index < -0.39 is 0 Å². The van der Waals surface area contributed by atoms with Crippen LogP contribution in [0.1, 0.15) is 19.3 Å². The molecule has 2 aliphatic rings. The number of carbonyl (C=O) groups is 1. The molecule has 0 unspecified atom stereocenters. The van der Waals surface area contributed by atoms with Crippen LogP contribution in [0.5, 0.6) is 0 Å². The molecule has 0 saturated carbocycles. The van der Waals surface area contributed by atoms with Gasteiger partial charge in [-0.1, -0.05) is 0 Å². The molecule has 3 nitrogen and oxygen atoms in total. The molecule has 1 N–H and O–H groups in total. The summed E-state index contributed by atoms with van der Waals surface area (Å²) < 4.78 is 4.88. The SMILES string of the molecule is O=C1N[C@H]2CCCC=C2O1. The number of rotatable bonds is 0. The molecule has 0 aromatic rings. The molecule has 0 radical (unpaired) electrons. The topological polar surface area (TPSA) is 38.3 Å². The van der Waals surface area contributed by atoms with Crippen molar-refractivity contribution in [2.45, 2.75) is 25.3 Å². The van der Waals surface area contributed by atoms with E-state index in [9.17, 15) is 4.79 Å². The maximum absolute atomic E-state index is 10.6. The molecule has 1 aliphatic carbocycles. The predicted molar refractivity (Wildman–Crippen MR) is 35.3 cm³/mol. The number of carbonyl (C=O) groups excluding carboxylic acids is 1. The lowest BCUT2D eigenvalue weighted by Crippen LogP contribution is -2.26. The van der Waals surface area contributed by atoms with Crippen molar-refractivity contribution >= 4 is 6.09 Å². The number of alkyl carbamates (subject to hydrolysis) is 1. The lowest BCUT2D eigenvalue weighted by molar-refractivity contribution is 0.194. The Balaban J connectivity index is 2.20. The second-order valence-corrected chi connectivity index (χ2v) is 2.62. The average Bonchev–Trinajstić information content (AvgIpc) is 2.27. The number of amides is 1. The minimum Gasteiger partial charge on any atom is -0.413 e. The number of hydrogen-bond acceptors (Lipinski definition) is 2. The van der Waals surface area contributed by atoms with Crippen LogP contribution in [0.15, 0.2) is 11.8 Å². The van der Waals surface area contributed by atoms with Crippen molar-refractivity contribution in [1.29, 1.82) is 0 Å². The Kier molecular flexibility index (Phi) is 1.16. The van der Waals surface area contributed by atoms with Gasteiger partial charge in [0.25, 0.3) is 0 Å². The van der Waals surface area contributed by atoms with Gasteiger partial charge >= 0.3 is 6.09 Å². The minimum atomic E-state index is -0.293. The summed E-state index contributed by atoms with van der Waals surface area (Å²) in [6, 6.07) is 0.182. The predicted octanol–water partition coefficient (Wildman–Crippen LogP) is 1.16. The van der Waals surface area contributed by atoms with Crippen molar-refractivity contribution in [3.63, 3.8) is 0 Å². The molecule has 3 heteroatoms. The molecular weight excluding hydrogens is 130 g/mol. The van der Waals surface area contributed by atoms with E-state index in [2.05, 4.69) is 5.32 Å². The number of hydrogen-bond donors (Lipinski definition) is 1. The second-order valence-electron chi connectivity index (χ2n) is 2.62. The van der Waals surface area contributed by atoms with E-state index in [1.807, 2.05) is 6.08 Å². The Morgan fingerprint density at radius 2 is 2.60 bits per heavy atom. The molecule has 1 atom stereocenters. The third-order valence-corrected chi connectivity index (χ3v) is 1.89. The van der Waals surface area contributed by atoms with Gasteiger partial charge in [0.1, 0.15) is 5.76 Å². The Labute approximate surface area is 59.1 Å². The van der Waals surface area contributed by atoms with Crippen molar-refractivity contribution < 1.29 is 9.53 Å². The van der Waals surface area contributed by atoms with E-state index in [0.29, 0.717) is 0 Å². The Morgan fingerprint density at radius 1 is 1.70 bits per heavy atom. The first-order valence-electron chi connectivity index (χ1n) is 3.54. The maximum atomic E-state index is 10.6. The highest BCUT2D eigenvalue weighted by atomic mass is 16.6. The molecule has 1 fully saturated rings. The van der Waals surface area contributed by atoms with Crippen molar-refractivity contribution in [1.82, 2.24) is 5.32 Å². The highest BCUT2D eigenvalue weighted by molar-refractivity contribution is 5.72. The van der Waals surface area contributed by atoms with Crippen LogP contribution >= 0.6 is 0 Å². The lowest BCUT2D eigenvalue weighted by Gasteiger charge is -2.12. The summed E-state index contributed by atoms with van der Waals surface area (Å²) in [4.78, 5) is 10.6. The van der Waals surface area contributed by atoms with Crippen LogP contribution in [0.3, 0.4) is 0 Å². The standard InChI is InChI=1S/C7H9NO2/c9-7-8-5-3-1-2-4-6(5)10-7/h4-5H,1-3H2,(H,8,9)/t5-/m0/s1. The Hall–Kier alpha value is -0.990. The van der Waals surface area contributed by atoms with Crippen LogP contribution in [0.4, 0.5) is 4.79 Å². The zero-order chi connectivity index (χ0) is 6.97. The molecule has 1 heterocycles. The average molecular weight is 139 g/mol. The van der Waals surface area contributed by atoms with Gasteiger partial charge in [0.2, 0.25) is 0 Å². The first kappa shape index (κ1) is 5.77. The van der Waals surface area contributed by atoms with Crippen LogP contribution < -0.4 is 5.32 Å². The summed E-state index contributed by atoms with van der Waals surface area (Å²) in [5.74, 6) is 0.830. The van der Waals surface area contributed by atoms with Crippen LogP contribution in [-0.2, 0) is 4.74 Å². The van der Waals surface area contributed by atoms with Crippen LogP contribution in [0.25, 0.3) is 0 Å². The van der Waals surface area contributed by atoms with E-state index in [4.69, 9.17) is 4.74 Å². The minimum absolute atomic E-state index is 0.182. The van der Waals surface area contributed by atoms with Gasteiger partial charge in [0, 0.05) is 0 Å². The van der Waals surface area contributed by atoms with E-state index in [1.165, 1.54) is 0 Å². The van der Waals surface area contributed by atoms with Crippen molar-refractivity contribution in [2.75, 3.05) is 0 Å². The van der Waals surface area contributed by atoms with E-state index in [0.717, 1.165) is 25.0 Å². The summed E-state index contributed by atoms with van der Waals surface area (Å²) in [5.41, 5.74) is 0. The van der Waals surface area contributed by atoms with E-state index >= 15 is 0 Å². The van der Waals surface area contributed by atoms with E-state index in [1.54, 1.807) is 0 Å². The Morgan fingerprint density at radius 3 is 3.40 bits per heavy atom. The fourth-order valence-corrected chi connectivity index (χ4v) is 1.39. The Bertz CT molecular complexity index is 198. The van der Waals surface area contributed by atoms with Gasteiger partial charge in [0.05, 0.1) is 6.04 Å². The summed E-state index contributed by atoms with van der Waals surface area (Å²) in [6.45, 7) is 0. The van der Waals surface area contributed by atoms with Crippen molar-refractivity contribution in [2.24, 2.45) is 0 Å². The number of fused-ring (bicyclic) bond motifs is 1. The molecule has 1 aliphatic heterocycles. The molecule has 10 heavy (non-hydrogen) atoms. The summed E-state index contributed by atoms with van der Waals surface area (Å²) in [6.07, 6.45) is 4.92. The van der Waals surface area contributed by atoms with Crippen molar-refractivity contribution in [3.8, 4) is 0 Å². The van der Waals surface area contributed by atoms with Gasteiger partial charge in [-0.2, -0.15) is 0 Å². The molecule has 0 aromatic carbocycles. The van der Waals surface area contributed by atoms with Gasteiger partial charge in [0.15, 0.2) is 0 Å². The van der Waals surface area contributed by atoms with Crippen LogP contribution in [0, 0.1) is 0 Å². The fraction of sp³-hybridized carbons (Fsp3) is 0.571. The monoisotopic (exact) mass is 139 g/mol. The molecule has 2 rings (SSSR count). The summed E-state index contributed by atoms with van der Waals surface area (Å²) >= 11 is 0. The third-order valence-electron chi connectivity index (χ3n) is 1.89. The summed E-state index contributed by atoms with van der Waals surface area (Å²) in [7, 11) is 0. The number of ether oxygens (including phenoxy) is 1. The van der Waals surface area contributed by atoms with E-state index in [-0.39, 0.29) is 12.1 Å². The molecule has 1 amide bonds. The third kappa shape index (κ3) is 0.781. The number of nitrogens with one attached hydrogen (secondary N) is 1. The normalized spacial score (nSPS) is 30.2. The van der Waals surface area contributed by atoms with Crippen LogP contribution in [0.2, 0.25) is 0 Å². The molecule has 54 valence electrons. The maximum Gasteiger partial charge on any atom is 0.412 e. The quantitative estimate of drug-likeness (QED) is 0.547. The molecule has 0 aromatic heterocycles. The zero-order valence-corrected chi connectivity index (χ0v) is 5.59. The zero-order valence-electron chi connectivity index (χ0n) is 5.59. The molecule has 1 saturated heterocycles. The first-order chi connectivity index (χ1) is 4.86. The largest absolute Gasteiger partial charge is 0.413 e. The lowest BCUT2D eigenvalue weighted by atomic mass is 10.0. The van der Waals surface area contributed by atoms with Gasteiger partial charge in [-0.05, 0) is 25.3 Å². The molecular formula is C7H9NO2. The fourth-order valence-electron chi connectivity index (χ4n) is 1.39. The summed E-state index contributed by atoms with van der Waals surface area (Å²) in [5, 5.41) is 2.73. The molecule has 0 spiro atoms. The van der Waals surface area contributed by atoms with Gasteiger partial charge < -0.3 is 10.1 Å². The number of allylic oxidation sites excluding steroid dienone is 1. The highest BCUT2D eigenvalue weighted by Gasteiger charge is 2.29.